The second-order valence-corrected chi connectivity index (χ2v) is 6.36. The summed E-state index contributed by atoms with van der Waals surface area (Å²) in [7, 11) is 0. The number of nitrogens with zero attached hydrogens (tertiary/aromatic N) is 2. The molecular weight excluding hydrogens is 295 g/mol. The van der Waals surface area contributed by atoms with E-state index in [-0.39, 0.29) is 12.1 Å². The molecule has 2 aliphatic heterocycles. The van der Waals surface area contributed by atoms with E-state index in [1.54, 1.807) is 18.3 Å². The zero-order chi connectivity index (χ0) is 15.6. The number of fused-ring (bicyclic) bond motifs is 1. The van der Waals surface area contributed by atoms with Crippen molar-refractivity contribution < 1.29 is 13.9 Å². The van der Waals surface area contributed by atoms with Gasteiger partial charge in [0.1, 0.15) is 5.82 Å². The van der Waals surface area contributed by atoms with E-state index in [0.29, 0.717) is 19.1 Å². The molecule has 1 aromatic carbocycles. The van der Waals surface area contributed by atoms with Gasteiger partial charge in [0, 0.05) is 24.0 Å². The Morgan fingerprint density at radius 1 is 1.17 bits per heavy atom. The van der Waals surface area contributed by atoms with Gasteiger partial charge in [0.15, 0.2) is 6.29 Å². The third kappa shape index (κ3) is 3.22. The van der Waals surface area contributed by atoms with Gasteiger partial charge in [-0.2, -0.15) is 0 Å². The summed E-state index contributed by atoms with van der Waals surface area (Å²) in [5, 5.41) is 0.866. The summed E-state index contributed by atoms with van der Waals surface area (Å²) in [6, 6.07) is 6.92. The fourth-order valence-electron chi connectivity index (χ4n) is 3.62. The van der Waals surface area contributed by atoms with Crippen molar-refractivity contribution in [3.8, 4) is 0 Å². The summed E-state index contributed by atoms with van der Waals surface area (Å²) >= 11 is 0. The average molecular weight is 316 g/mol. The first kappa shape index (κ1) is 15.0. The van der Waals surface area contributed by atoms with Crippen molar-refractivity contribution in [1.82, 2.24) is 9.88 Å². The van der Waals surface area contributed by atoms with Gasteiger partial charge in [-0.25, -0.2) is 4.39 Å². The monoisotopic (exact) mass is 316 g/mol. The maximum absolute atomic E-state index is 13.8. The Balaban J connectivity index is 1.45. The Kier molecular flexibility index (Phi) is 4.25. The van der Waals surface area contributed by atoms with Crippen molar-refractivity contribution in [2.45, 2.75) is 25.7 Å². The van der Waals surface area contributed by atoms with Crippen molar-refractivity contribution >= 4 is 10.9 Å². The highest BCUT2D eigenvalue weighted by molar-refractivity contribution is 5.81. The summed E-state index contributed by atoms with van der Waals surface area (Å²) in [5.41, 5.74) is 1.87. The predicted octanol–water partition coefficient (Wildman–Crippen LogP) is 2.96. The molecule has 4 rings (SSSR count). The second-order valence-electron chi connectivity index (χ2n) is 6.36. The zero-order valence-corrected chi connectivity index (χ0v) is 13.1. The van der Waals surface area contributed by atoms with Gasteiger partial charge in [-0.1, -0.05) is 6.07 Å². The first-order chi connectivity index (χ1) is 11.3. The molecular formula is C18H21FN2O2. The molecule has 0 spiro atoms. The van der Waals surface area contributed by atoms with Crippen LogP contribution in [-0.4, -0.2) is 42.5 Å². The number of halogens is 1. The topological polar surface area (TPSA) is 34.6 Å². The maximum Gasteiger partial charge on any atom is 0.160 e. The molecule has 0 amide bonds. The molecule has 0 unspecified atom stereocenters. The first-order valence-corrected chi connectivity index (χ1v) is 8.28. The fourth-order valence-corrected chi connectivity index (χ4v) is 3.62. The van der Waals surface area contributed by atoms with Crippen molar-refractivity contribution in [1.29, 1.82) is 0 Å². The van der Waals surface area contributed by atoms with Crippen LogP contribution < -0.4 is 0 Å². The van der Waals surface area contributed by atoms with E-state index < -0.39 is 0 Å². The summed E-state index contributed by atoms with van der Waals surface area (Å²) < 4.78 is 25.1. The van der Waals surface area contributed by atoms with Crippen LogP contribution in [0.2, 0.25) is 0 Å². The molecule has 0 bridgehead atoms. The number of likely N-dealkylation sites (tertiary alicyclic amines) is 1. The summed E-state index contributed by atoms with van der Waals surface area (Å²) in [4.78, 5) is 6.80. The summed E-state index contributed by atoms with van der Waals surface area (Å²) in [6.07, 6.45) is 3.87. The Morgan fingerprint density at radius 3 is 2.74 bits per heavy atom. The van der Waals surface area contributed by atoms with Crippen LogP contribution in [0.3, 0.4) is 0 Å². The van der Waals surface area contributed by atoms with E-state index in [1.165, 1.54) is 0 Å². The van der Waals surface area contributed by atoms with E-state index in [4.69, 9.17) is 9.47 Å². The maximum atomic E-state index is 13.8. The van der Waals surface area contributed by atoms with Crippen LogP contribution in [0, 0.1) is 11.7 Å². The molecule has 23 heavy (non-hydrogen) atoms. The molecule has 2 aromatic rings. The smallest absolute Gasteiger partial charge is 0.160 e. The van der Waals surface area contributed by atoms with Gasteiger partial charge in [-0.3, -0.25) is 9.88 Å². The molecule has 122 valence electrons. The Hall–Kier alpha value is -1.56. The van der Waals surface area contributed by atoms with Crippen molar-refractivity contribution in [2.75, 3.05) is 26.3 Å². The van der Waals surface area contributed by atoms with Crippen LogP contribution in [0.4, 0.5) is 4.39 Å². The SMILES string of the molecule is Fc1cc(CN2CCC(C3OCCO3)CC2)c2ncccc2c1. The fraction of sp³-hybridized carbons (Fsp3) is 0.500. The van der Waals surface area contributed by atoms with Gasteiger partial charge < -0.3 is 9.47 Å². The lowest BCUT2D eigenvalue weighted by atomic mass is 9.95. The minimum Gasteiger partial charge on any atom is -0.350 e. The molecule has 5 heteroatoms. The van der Waals surface area contributed by atoms with E-state index in [0.717, 1.165) is 48.9 Å². The van der Waals surface area contributed by atoms with Gasteiger partial charge in [-0.15, -0.1) is 0 Å². The largest absolute Gasteiger partial charge is 0.350 e. The zero-order valence-electron chi connectivity index (χ0n) is 13.1. The molecule has 2 aliphatic rings. The lowest BCUT2D eigenvalue weighted by molar-refractivity contribution is -0.0977. The number of hydrogen-bond donors (Lipinski definition) is 0. The van der Waals surface area contributed by atoms with Gasteiger partial charge in [-0.05, 0) is 49.7 Å². The third-order valence-electron chi connectivity index (χ3n) is 4.81. The Labute approximate surface area is 135 Å². The normalized spacial score (nSPS) is 21.3. The lowest BCUT2D eigenvalue weighted by Crippen LogP contribution is -2.37. The molecule has 4 nitrogen and oxygen atoms in total. The van der Waals surface area contributed by atoms with Crippen LogP contribution in [-0.2, 0) is 16.0 Å². The van der Waals surface area contributed by atoms with E-state index >= 15 is 0 Å². The quantitative estimate of drug-likeness (QED) is 0.872. The van der Waals surface area contributed by atoms with Crippen LogP contribution in [0.25, 0.3) is 10.9 Å². The highest BCUT2D eigenvalue weighted by Gasteiger charge is 2.30. The molecule has 0 N–H and O–H groups in total. The number of hydrogen-bond acceptors (Lipinski definition) is 4. The molecule has 0 saturated carbocycles. The number of aromatic nitrogens is 1. The molecule has 0 atom stereocenters. The first-order valence-electron chi connectivity index (χ1n) is 8.28. The van der Waals surface area contributed by atoms with Gasteiger partial charge in [0.2, 0.25) is 0 Å². The van der Waals surface area contributed by atoms with Crippen LogP contribution >= 0.6 is 0 Å². The van der Waals surface area contributed by atoms with Crippen LogP contribution in [0.5, 0.6) is 0 Å². The van der Waals surface area contributed by atoms with Gasteiger partial charge >= 0.3 is 0 Å². The number of ether oxygens (including phenoxy) is 2. The highest BCUT2D eigenvalue weighted by Crippen LogP contribution is 2.27. The van der Waals surface area contributed by atoms with E-state index in [9.17, 15) is 4.39 Å². The molecule has 3 heterocycles. The standard InChI is InChI=1S/C18H21FN2O2/c19-16-10-14-2-1-5-20-17(14)15(11-16)12-21-6-3-13(4-7-21)18-22-8-9-23-18/h1-2,5,10-11,13,18H,3-4,6-9,12H2. The van der Waals surface area contributed by atoms with Gasteiger partial charge in [0.05, 0.1) is 18.7 Å². The second kappa shape index (κ2) is 6.51. The minimum atomic E-state index is -0.192. The lowest BCUT2D eigenvalue weighted by Gasteiger charge is -2.33. The van der Waals surface area contributed by atoms with Gasteiger partial charge in [0.25, 0.3) is 0 Å². The Bertz CT molecular complexity index is 680. The number of piperidine rings is 1. The van der Waals surface area contributed by atoms with E-state index in [1.807, 2.05) is 12.1 Å². The predicted molar refractivity (Wildman–Crippen MR) is 85.4 cm³/mol. The molecule has 1 aromatic heterocycles. The van der Waals surface area contributed by atoms with Crippen molar-refractivity contribution in [2.24, 2.45) is 5.92 Å². The Morgan fingerprint density at radius 2 is 1.96 bits per heavy atom. The summed E-state index contributed by atoms with van der Waals surface area (Å²) in [6.45, 7) is 4.14. The van der Waals surface area contributed by atoms with Crippen LogP contribution in [0.15, 0.2) is 30.5 Å². The number of rotatable bonds is 3. The van der Waals surface area contributed by atoms with Crippen molar-refractivity contribution in [3.05, 3.63) is 41.8 Å². The minimum absolute atomic E-state index is 0.0196. The molecule has 2 saturated heterocycles. The summed E-state index contributed by atoms with van der Waals surface area (Å²) in [5.74, 6) is 0.291. The number of benzene rings is 1. The van der Waals surface area contributed by atoms with E-state index in [2.05, 4.69) is 9.88 Å². The molecule has 2 fully saturated rings. The average Bonchev–Trinajstić information content (AvgIpc) is 3.10. The highest BCUT2D eigenvalue weighted by atomic mass is 19.1. The van der Waals surface area contributed by atoms with Crippen molar-refractivity contribution in [3.63, 3.8) is 0 Å². The molecule has 0 aliphatic carbocycles. The molecule has 0 radical (unpaired) electrons. The number of pyridine rings is 1. The third-order valence-corrected chi connectivity index (χ3v) is 4.81. The van der Waals surface area contributed by atoms with Crippen LogP contribution in [0.1, 0.15) is 18.4 Å².